The first-order chi connectivity index (χ1) is 10.7. The van der Waals surface area contributed by atoms with Gasteiger partial charge in [-0.2, -0.15) is 0 Å². The zero-order valence-electron chi connectivity index (χ0n) is 13.7. The molecule has 1 aromatic heterocycles. The van der Waals surface area contributed by atoms with Crippen LogP contribution in [0.2, 0.25) is 0 Å². The summed E-state index contributed by atoms with van der Waals surface area (Å²) in [4.78, 5) is 22.7. The highest BCUT2D eigenvalue weighted by Crippen LogP contribution is 2.32. The number of ether oxygens (including phenoxy) is 1. The molecular weight excluding hydrogens is 300 g/mol. The summed E-state index contributed by atoms with van der Waals surface area (Å²) in [6.45, 7) is 6.47. The second-order valence-corrected chi connectivity index (χ2v) is 6.83. The highest BCUT2D eigenvalue weighted by molar-refractivity contribution is 5.87. The minimum absolute atomic E-state index is 0.00115. The summed E-state index contributed by atoms with van der Waals surface area (Å²) in [6, 6.07) is 1.49. The van der Waals surface area contributed by atoms with Gasteiger partial charge in [0.05, 0.1) is 12.1 Å². The van der Waals surface area contributed by atoms with Gasteiger partial charge in [-0.05, 0) is 45.6 Å². The normalized spacial score (nSPS) is 16.0. The van der Waals surface area contributed by atoms with Gasteiger partial charge in [-0.15, -0.1) is 0 Å². The molecule has 0 aromatic carbocycles. The fraction of sp³-hybridized carbons (Fsp3) is 0.625. The summed E-state index contributed by atoms with van der Waals surface area (Å²) < 4.78 is 10.5. The van der Waals surface area contributed by atoms with Gasteiger partial charge in [0.2, 0.25) is 0 Å². The van der Waals surface area contributed by atoms with E-state index < -0.39 is 17.7 Å². The van der Waals surface area contributed by atoms with Crippen LogP contribution < -0.4 is 10.6 Å². The molecule has 1 saturated carbocycles. The molecule has 1 aliphatic rings. The number of furan rings is 1. The maximum Gasteiger partial charge on any atom is 0.407 e. The number of carboxylic acids is 1. The van der Waals surface area contributed by atoms with Crippen molar-refractivity contribution in [2.45, 2.75) is 51.8 Å². The topological polar surface area (TPSA) is 101 Å². The third kappa shape index (κ3) is 5.94. The number of alkyl carbamates (subject to hydrolysis) is 1. The van der Waals surface area contributed by atoms with Crippen LogP contribution in [0.4, 0.5) is 4.79 Å². The summed E-state index contributed by atoms with van der Waals surface area (Å²) in [6.07, 6.45) is 2.98. The van der Waals surface area contributed by atoms with Gasteiger partial charge in [0.15, 0.2) is 0 Å². The Morgan fingerprint density at radius 2 is 2.13 bits per heavy atom. The SMILES string of the molecule is CC(C)(C)OC(=O)NC(CNCc1cc(C(=O)O)co1)C1CC1. The fourth-order valence-electron chi connectivity index (χ4n) is 2.23. The van der Waals surface area contributed by atoms with Crippen LogP contribution in [0.25, 0.3) is 0 Å². The van der Waals surface area contributed by atoms with Crippen LogP contribution >= 0.6 is 0 Å². The van der Waals surface area contributed by atoms with Gasteiger partial charge in [-0.1, -0.05) is 0 Å². The average Bonchev–Trinajstić information content (AvgIpc) is 3.14. The second-order valence-electron chi connectivity index (χ2n) is 6.83. The number of hydrogen-bond donors (Lipinski definition) is 3. The zero-order valence-corrected chi connectivity index (χ0v) is 13.7. The van der Waals surface area contributed by atoms with Crippen LogP contribution in [0, 0.1) is 5.92 Å². The van der Waals surface area contributed by atoms with Gasteiger partial charge in [-0.25, -0.2) is 9.59 Å². The van der Waals surface area contributed by atoms with E-state index in [-0.39, 0.29) is 11.6 Å². The lowest BCUT2D eigenvalue weighted by molar-refractivity contribution is 0.0497. The van der Waals surface area contributed by atoms with E-state index in [1.807, 2.05) is 20.8 Å². The first-order valence-electron chi connectivity index (χ1n) is 7.75. The van der Waals surface area contributed by atoms with Crippen molar-refractivity contribution in [1.29, 1.82) is 0 Å². The average molecular weight is 324 g/mol. The third-order valence-electron chi connectivity index (χ3n) is 3.46. The number of carboxylic acid groups (broad SMARTS) is 1. The molecular formula is C16H24N2O5. The molecule has 1 aliphatic carbocycles. The Balaban J connectivity index is 1.78. The predicted molar refractivity (Wildman–Crippen MR) is 83.3 cm³/mol. The number of aromatic carboxylic acids is 1. The van der Waals surface area contributed by atoms with Gasteiger partial charge in [0.25, 0.3) is 0 Å². The molecule has 1 aromatic rings. The van der Waals surface area contributed by atoms with E-state index in [1.165, 1.54) is 12.3 Å². The Hall–Kier alpha value is -2.02. The number of nitrogens with one attached hydrogen (secondary N) is 2. The van der Waals surface area contributed by atoms with E-state index in [1.54, 1.807) is 0 Å². The lowest BCUT2D eigenvalue weighted by Crippen LogP contribution is -2.45. The molecule has 0 aliphatic heterocycles. The van der Waals surface area contributed by atoms with Crippen molar-refractivity contribution in [2.75, 3.05) is 6.54 Å². The van der Waals surface area contributed by atoms with Crippen molar-refractivity contribution in [3.05, 3.63) is 23.7 Å². The molecule has 1 unspecified atom stereocenters. The standard InChI is InChI=1S/C16H24N2O5/c1-16(2,3)23-15(21)18-13(10-4-5-10)8-17-7-12-6-11(9-22-12)14(19)20/h6,9-10,13,17H,4-5,7-8H2,1-3H3,(H,18,21)(H,19,20). The molecule has 7 nitrogen and oxygen atoms in total. The summed E-state index contributed by atoms with van der Waals surface area (Å²) >= 11 is 0. The second kappa shape index (κ2) is 7.04. The molecule has 1 fully saturated rings. The van der Waals surface area contributed by atoms with Crippen LogP contribution in [0.3, 0.4) is 0 Å². The molecule has 128 valence electrons. The maximum atomic E-state index is 11.9. The van der Waals surface area contributed by atoms with Gasteiger partial charge >= 0.3 is 12.1 Å². The van der Waals surface area contributed by atoms with E-state index in [0.29, 0.717) is 24.8 Å². The van der Waals surface area contributed by atoms with Crippen LogP contribution in [0.1, 0.15) is 49.7 Å². The Labute approximate surface area is 135 Å². The minimum Gasteiger partial charge on any atom is -0.478 e. The number of hydrogen-bond acceptors (Lipinski definition) is 5. The van der Waals surface area contributed by atoms with Crippen molar-refractivity contribution in [1.82, 2.24) is 10.6 Å². The molecule has 2 rings (SSSR count). The van der Waals surface area contributed by atoms with E-state index in [2.05, 4.69) is 10.6 Å². The minimum atomic E-state index is -1.01. The number of rotatable bonds is 7. The summed E-state index contributed by atoms with van der Waals surface area (Å²) in [5, 5.41) is 14.9. The molecule has 23 heavy (non-hydrogen) atoms. The number of carbonyl (C=O) groups excluding carboxylic acids is 1. The summed E-state index contributed by atoms with van der Waals surface area (Å²) in [5.41, 5.74) is -0.389. The molecule has 0 saturated heterocycles. The van der Waals surface area contributed by atoms with Crippen molar-refractivity contribution in [3.8, 4) is 0 Å². The van der Waals surface area contributed by atoms with Crippen molar-refractivity contribution in [2.24, 2.45) is 5.92 Å². The van der Waals surface area contributed by atoms with Gasteiger partial charge < -0.3 is 24.9 Å². The van der Waals surface area contributed by atoms with Gasteiger partial charge in [0, 0.05) is 12.6 Å². The third-order valence-corrected chi connectivity index (χ3v) is 3.46. The molecule has 0 radical (unpaired) electrons. The maximum absolute atomic E-state index is 11.9. The van der Waals surface area contributed by atoms with Crippen LogP contribution in [-0.2, 0) is 11.3 Å². The smallest absolute Gasteiger partial charge is 0.407 e. The van der Waals surface area contributed by atoms with Gasteiger partial charge in [0.1, 0.15) is 17.6 Å². The molecule has 0 spiro atoms. The predicted octanol–water partition coefficient (Wildman–Crippen LogP) is 2.37. The van der Waals surface area contributed by atoms with E-state index in [4.69, 9.17) is 14.3 Å². The number of amides is 1. The van der Waals surface area contributed by atoms with Crippen molar-refractivity contribution >= 4 is 12.1 Å². The van der Waals surface area contributed by atoms with E-state index in [9.17, 15) is 9.59 Å². The Morgan fingerprint density at radius 3 is 2.65 bits per heavy atom. The lowest BCUT2D eigenvalue weighted by Gasteiger charge is -2.23. The molecule has 7 heteroatoms. The summed E-state index contributed by atoms with van der Waals surface area (Å²) in [7, 11) is 0. The monoisotopic (exact) mass is 324 g/mol. The molecule has 1 amide bonds. The first kappa shape index (κ1) is 17.3. The van der Waals surface area contributed by atoms with Crippen molar-refractivity contribution < 1.29 is 23.8 Å². The Kier molecular flexibility index (Phi) is 5.30. The van der Waals surface area contributed by atoms with Crippen molar-refractivity contribution in [3.63, 3.8) is 0 Å². The van der Waals surface area contributed by atoms with Crippen LogP contribution in [0.15, 0.2) is 16.7 Å². The highest BCUT2D eigenvalue weighted by atomic mass is 16.6. The van der Waals surface area contributed by atoms with Crippen LogP contribution in [0.5, 0.6) is 0 Å². The van der Waals surface area contributed by atoms with Crippen LogP contribution in [-0.4, -0.2) is 35.4 Å². The molecule has 1 heterocycles. The quantitative estimate of drug-likeness (QED) is 0.712. The highest BCUT2D eigenvalue weighted by Gasteiger charge is 2.33. The number of carbonyl (C=O) groups is 2. The Bertz CT molecular complexity index is 557. The lowest BCUT2D eigenvalue weighted by atomic mass is 10.2. The van der Waals surface area contributed by atoms with E-state index >= 15 is 0 Å². The molecule has 0 bridgehead atoms. The van der Waals surface area contributed by atoms with Gasteiger partial charge in [-0.3, -0.25) is 0 Å². The largest absolute Gasteiger partial charge is 0.478 e. The molecule has 1 atom stereocenters. The van der Waals surface area contributed by atoms with E-state index in [0.717, 1.165) is 12.8 Å². The summed E-state index contributed by atoms with van der Waals surface area (Å²) in [5.74, 6) is -0.00198. The first-order valence-corrected chi connectivity index (χ1v) is 7.75. The zero-order chi connectivity index (χ0) is 17.0. The fourth-order valence-corrected chi connectivity index (χ4v) is 2.23. The Morgan fingerprint density at radius 1 is 1.43 bits per heavy atom. The molecule has 3 N–H and O–H groups in total.